The summed E-state index contributed by atoms with van der Waals surface area (Å²) in [7, 11) is 0. The molecule has 3 aromatic heterocycles. The van der Waals surface area contributed by atoms with E-state index >= 15 is 0 Å². The molecule has 36 heavy (non-hydrogen) atoms. The predicted molar refractivity (Wildman–Crippen MR) is 140 cm³/mol. The summed E-state index contributed by atoms with van der Waals surface area (Å²) in [4.78, 5) is 9.24. The quantitative estimate of drug-likeness (QED) is 0.270. The van der Waals surface area contributed by atoms with Gasteiger partial charge in [0.1, 0.15) is 5.82 Å². The van der Waals surface area contributed by atoms with Crippen LogP contribution in [-0.2, 0) is 19.4 Å². The Morgan fingerprint density at radius 3 is 2.61 bits per heavy atom. The third-order valence-electron chi connectivity index (χ3n) is 7.30. The number of aromatic amines is 1. The Hall–Kier alpha value is -3.42. The maximum atomic E-state index is 4.99. The molecule has 8 heteroatoms. The minimum atomic E-state index is 0.544. The molecule has 0 radical (unpaired) electrons. The Kier molecular flexibility index (Phi) is 8.10. The van der Waals surface area contributed by atoms with Crippen LogP contribution in [0.3, 0.4) is 0 Å². The average Bonchev–Trinajstić information content (AvgIpc) is 3.59. The predicted octanol–water partition coefficient (Wildman–Crippen LogP) is 5.81. The van der Waals surface area contributed by atoms with E-state index in [-0.39, 0.29) is 0 Å². The van der Waals surface area contributed by atoms with Gasteiger partial charge in [-0.05, 0) is 46.7 Å². The van der Waals surface area contributed by atoms with Gasteiger partial charge in [0.05, 0.1) is 6.54 Å². The molecule has 1 fully saturated rings. The first-order chi connectivity index (χ1) is 17.8. The van der Waals surface area contributed by atoms with Crippen LogP contribution in [0.25, 0.3) is 22.5 Å². The summed E-state index contributed by atoms with van der Waals surface area (Å²) in [5.74, 6) is 3.54. The Bertz CT molecular complexity index is 1210. The van der Waals surface area contributed by atoms with Crippen molar-refractivity contribution in [2.45, 2.75) is 84.1 Å². The summed E-state index contributed by atoms with van der Waals surface area (Å²) in [5.41, 5.74) is 4.20. The van der Waals surface area contributed by atoms with Gasteiger partial charge in [0.2, 0.25) is 5.82 Å². The van der Waals surface area contributed by atoms with Crippen molar-refractivity contribution in [1.29, 1.82) is 0 Å². The highest BCUT2D eigenvalue weighted by atomic mass is 15.5. The third-order valence-corrected chi connectivity index (χ3v) is 7.30. The van der Waals surface area contributed by atoms with Crippen molar-refractivity contribution in [2.75, 3.05) is 0 Å². The van der Waals surface area contributed by atoms with E-state index in [1.807, 2.05) is 6.07 Å². The number of aryl methyl sites for hydroxylation is 2. The number of nitrogens with one attached hydrogen (secondary N) is 1. The van der Waals surface area contributed by atoms with Crippen LogP contribution < -0.4 is 0 Å². The number of pyridine rings is 1. The molecular weight excluding hydrogens is 448 g/mol. The van der Waals surface area contributed by atoms with Crippen LogP contribution in [0.15, 0.2) is 42.7 Å². The number of rotatable bonds is 11. The maximum Gasteiger partial charge on any atom is 0.206 e. The highest BCUT2D eigenvalue weighted by Gasteiger charge is 2.16. The van der Waals surface area contributed by atoms with E-state index in [1.54, 1.807) is 12.4 Å². The lowest BCUT2D eigenvalue weighted by Gasteiger charge is -2.20. The second kappa shape index (κ2) is 12.0. The lowest BCUT2D eigenvalue weighted by atomic mass is 9.86. The standard InChI is InChI=1S/C28H36N8/c1-2-3-5-10-27-30-26(16-13-21-8-6-4-7-9-21)33-36(27)20-22-11-14-23(15-12-22)24-17-18-29-19-25(24)28-31-34-35-32-28/h11-12,14-15,17-19,21H,2-10,13,16,20H2,1H3,(H,31,32,34,35). The molecule has 0 saturated heterocycles. The number of hydrogen-bond donors (Lipinski definition) is 1. The molecule has 8 nitrogen and oxygen atoms in total. The molecule has 0 bridgehead atoms. The van der Waals surface area contributed by atoms with Gasteiger partial charge in [0, 0.05) is 30.8 Å². The van der Waals surface area contributed by atoms with Crippen LogP contribution in [0.4, 0.5) is 0 Å². The fourth-order valence-corrected chi connectivity index (χ4v) is 5.25. The van der Waals surface area contributed by atoms with Crippen LogP contribution in [0.5, 0.6) is 0 Å². The maximum absolute atomic E-state index is 4.99. The monoisotopic (exact) mass is 484 g/mol. The zero-order chi connectivity index (χ0) is 24.6. The molecule has 0 unspecified atom stereocenters. The SMILES string of the molecule is CCCCCc1nc(CCC2CCCCC2)nn1Cc1ccc(-c2ccncc2-c2nn[nH]n2)cc1. The molecular formula is C28H36N8. The van der Waals surface area contributed by atoms with Crippen molar-refractivity contribution in [3.8, 4) is 22.5 Å². The smallest absolute Gasteiger partial charge is 0.206 e. The van der Waals surface area contributed by atoms with Crippen LogP contribution in [0.2, 0.25) is 0 Å². The number of aromatic nitrogens is 8. The summed E-state index contributed by atoms with van der Waals surface area (Å²) in [5, 5.41) is 19.4. The molecule has 1 saturated carbocycles. The van der Waals surface area contributed by atoms with Crippen LogP contribution in [0.1, 0.15) is 81.9 Å². The molecule has 3 heterocycles. The largest absolute Gasteiger partial charge is 0.264 e. The summed E-state index contributed by atoms with van der Waals surface area (Å²) in [6.07, 6.45) is 17.3. The summed E-state index contributed by atoms with van der Waals surface area (Å²) < 4.78 is 2.14. The van der Waals surface area contributed by atoms with Gasteiger partial charge in [-0.1, -0.05) is 76.1 Å². The fraction of sp³-hybridized carbons (Fsp3) is 0.500. The third kappa shape index (κ3) is 6.04. The minimum absolute atomic E-state index is 0.544. The Balaban J connectivity index is 1.31. The molecule has 0 amide bonds. The first kappa shape index (κ1) is 24.3. The number of unbranched alkanes of at least 4 members (excludes halogenated alkanes) is 2. The van der Waals surface area contributed by atoms with Crippen molar-refractivity contribution in [3.63, 3.8) is 0 Å². The molecule has 5 rings (SSSR count). The molecule has 1 aromatic carbocycles. The second-order valence-electron chi connectivity index (χ2n) is 9.96. The Morgan fingerprint density at radius 2 is 1.83 bits per heavy atom. The topological polar surface area (TPSA) is 98.1 Å². The molecule has 0 aliphatic heterocycles. The lowest BCUT2D eigenvalue weighted by Crippen LogP contribution is -2.08. The van der Waals surface area contributed by atoms with E-state index in [9.17, 15) is 0 Å². The zero-order valence-electron chi connectivity index (χ0n) is 21.2. The molecule has 188 valence electrons. The van der Waals surface area contributed by atoms with Gasteiger partial charge in [-0.25, -0.2) is 9.67 Å². The van der Waals surface area contributed by atoms with Crippen molar-refractivity contribution in [1.82, 2.24) is 40.4 Å². The van der Waals surface area contributed by atoms with Gasteiger partial charge in [-0.2, -0.15) is 10.3 Å². The van der Waals surface area contributed by atoms with Gasteiger partial charge in [0.15, 0.2) is 5.82 Å². The van der Waals surface area contributed by atoms with E-state index in [1.165, 1.54) is 56.9 Å². The second-order valence-corrected chi connectivity index (χ2v) is 9.96. The highest BCUT2D eigenvalue weighted by molar-refractivity contribution is 5.79. The summed E-state index contributed by atoms with van der Waals surface area (Å²) >= 11 is 0. The number of H-pyrrole nitrogens is 1. The van der Waals surface area contributed by atoms with Gasteiger partial charge >= 0.3 is 0 Å². The van der Waals surface area contributed by atoms with Crippen molar-refractivity contribution in [3.05, 3.63) is 59.9 Å². The number of benzene rings is 1. The molecule has 1 aliphatic carbocycles. The van der Waals surface area contributed by atoms with E-state index < -0.39 is 0 Å². The minimum Gasteiger partial charge on any atom is -0.264 e. The van der Waals surface area contributed by atoms with E-state index in [2.05, 4.69) is 61.5 Å². The van der Waals surface area contributed by atoms with Gasteiger partial charge in [0.25, 0.3) is 0 Å². The average molecular weight is 485 g/mol. The van der Waals surface area contributed by atoms with Crippen molar-refractivity contribution < 1.29 is 0 Å². The molecule has 0 spiro atoms. The van der Waals surface area contributed by atoms with Gasteiger partial charge in [-0.15, -0.1) is 10.2 Å². The van der Waals surface area contributed by atoms with E-state index in [4.69, 9.17) is 10.1 Å². The highest BCUT2D eigenvalue weighted by Crippen LogP contribution is 2.29. The number of nitrogens with zero attached hydrogens (tertiary/aromatic N) is 7. The number of hydrogen-bond acceptors (Lipinski definition) is 6. The van der Waals surface area contributed by atoms with E-state index in [0.717, 1.165) is 60.1 Å². The van der Waals surface area contributed by atoms with Gasteiger partial charge < -0.3 is 0 Å². The van der Waals surface area contributed by atoms with Gasteiger partial charge in [-0.3, -0.25) is 4.98 Å². The van der Waals surface area contributed by atoms with E-state index in [0.29, 0.717) is 5.82 Å². The molecule has 1 aliphatic rings. The summed E-state index contributed by atoms with van der Waals surface area (Å²) in [6.45, 7) is 2.99. The van der Waals surface area contributed by atoms with Crippen LogP contribution in [0, 0.1) is 5.92 Å². The Labute approximate surface area is 213 Å². The van der Waals surface area contributed by atoms with Crippen molar-refractivity contribution >= 4 is 0 Å². The first-order valence-corrected chi connectivity index (χ1v) is 13.5. The fourth-order valence-electron chi connectivity index (χ4n) is 5.25. The zero-order valence-corrected chi connectivity index (χ0v) is 21.2. The molecule has 1 N–H and O–H groups in total. The Morgan fingerprint density at radius 1 is 0.972 bits per heavy atom. The number of tetrazole rings is 1. The first-order valence-electron chi connectivity index (χ1n) is 13.5. The van der Waals surface area contributed by atoms with Crippen molar-refractivity contribution in [2.24, 2.45) is 5.92 Å². The van der Waals surface area contributed by atoms with Crippen LogP contribution >= 0.6 is 0 Å². The molecule has 0 atom stereocenters. The molecule has 4 aromatic rings. The normalized spacial score (nSPS) is 14.4. The lowest BCUT2D eigenvalue weighted by molar-refractivity contribution is 0.337. The van der Waals surface area contributed by atoms with Crippen LogP contribution in [-0.4, -0.2) is 40.4 Å². The summed E-state index contributed by atoms with van der Waals surface area (Å²) in [6, 6.07) is 10.6.